The smallest absolute Gasteiger partial charge is 0.216 e. The van der Waals surface area contributed by atoms with Gasteiger partial charge in [0.2, 0.25) is 8.32 Å². The van der Waals surface area contributed by atoms with E-state index < -0.39 is 24.7 Å². The number of benzene rings is 5. The number of phenols is 1. The molecule has 1 heterocycles. The van der Waals surface area contributed by atoms with E-state index in [1.165, 1.54) is 18.9 Å². The molecule has 0 aliphatic heterocycles. The van der Waals surface area contributed by atoms with Gasteiger partial charge in [-0.2, -0.15) is 0 Å². The average Bonchev–Trinajstić information content (AvgIpc) is 3.24. The summed E-state index contributed by atoms with van der Waals surface area (Å²) in [6, 6.07) is 44.6. The van der Waals surface area contributed by atoms with E-state index in [1.54, 1.807) is 6.07 Å². The van der Waals surface area contributed by atoms with Crippen molar-refractivity contribution in [2.45, 2.75) is 116 Å². The predicted octanol–water partition coefficient (Wildman–Crippen LogP) is 14.3. The molecule has 0 bridgehead atoms. The SMILES string of the molecule is CCCC[Si](C)(C)C(C)(C)O[Si](C)(C)C(C)(C)O[Si](C)(C)CCCOc1ccc(-c2nc(-c3ccc(-c4ccccc4)cc3)nc(-c3ccc(-c4ccccc4)cc3)n2)c(O)c1. The minimum atomic E-state index is -2.27. The van der Waals surface area contributed by atoms with Crippen molar-refractivity contribution in [2.24, 2.45) is 0 Å². The largest absolute Gasteiger partial charge is 0.507 e. The highest BCUT2D eigenvalue weighted by Crippen LogP contribution is 2.39. The van der Waals surface area contributed by atoms with Gasteiger partial charge in [0.25, 0.3) is 0 Å². The van der Waals surface area contributed by atoms with Crippen LogP contribution in [0, 0.1) is 0 Å². The standard InChI is InChI=1S/C52H67N3O4Si3/c1-12-13-36-60(6,7)51(2,3)59-62(10,11)52(4,5)58-61(8,9)37-20-35-57-45-33-34-46(47(56)38-45)50-54-48(43-29-25-41(26-30-43)39-21-16-14-17-22-39)53-49(55-50)44-31-27-42(28-32-44)40-23-18-15-19-24-40/h14-19,21-34,38,56H,12-13,20,35-37H2,1-11H3. The van der Waals surface area contributed by atoms with Crippen LogP contribution in [0.25, 0.3) is 56.4 Å². The maximum Gasteiger partial charge on any atom is 0.216 e. The second-order valence-electron chi connectivity index (χ2n) is 19.3. The minimum Gasteiger partial charge on any atom is -0.507 e. The van der Waals surface area contributed by atoms with Gasteiger partial charge >= 0.3 is 0 Å². The Balaban J connectivity index is 1.16. The van der Waals surface area contributed by atoms with E-state index in [2.05, 4.69) is 122 Å². The molecule has 0 aliphatic rings. The van der Waals surface area contributed by atoms with Gasteiger partial charge in [-0.1, -0.05) is 148 Å². The highest BCUT2D eigenvalue weighted by Gasteiger charge is 2.51. The molecule has 7 nitrogen and oxygen atoms in total. The molecule has 1 N–H and O–H groups in total. The number of phenolic OH excluding ortho intramolecular Hbond substituents is 1. The zero-order valence-electron chi connectivity index (χ0n) is 38.9. The van der Waals surface area contributed by atoms with Gasteiger partial charge < -0.3 is 18.7 Å². The molecule has 0 aliphatic carbocycles. The highest BCUT2D eigenvalue weighted by molar-refractivity contribution is 6.82. The van der Waals surface area contributed by atoms with Gasteiger partial charge in [-0.3, -0.25) is 0 Å². The summed E-state index contributed by atoms with van der Waals surface area (Å²) in [6.45, 7) is 26.1. The van der Waals surface area contributed by atoms with Crippen molar-refractivity contribution in [2.75, 3.05) is 6.61 Å². The fraction of sp³-hybridized carbons (Fsp3) is 0.365. The first-order valence-corrected chi connectivity index (χ1v) is 31.5. The first-order valence-electron chi connectivity index (χ1n) is 22.2. The second kappa shape index (κ2) is 19.3. The fourth-order valence-electron chi connectivity index (χ4n) is 7.80. The second-order valence-corrected chi connectivity index (χ2v) is 33.4. The third kappa shape index (κ3) is 11.4. The quantitative estimate of drug-likeness (QED) is 0.0640. The van der Waals surface area contributed by atoms with Gasteiger partial charge in [-0.15, -0.1) is 0 Å². The van der Waals surface area contributed by atoms with Crippen molar-refractivity contribution < 1.29 is 18.7 Å². The molecule has 0 radical (unpaired) electrons. The topological polar surface area (TPSA) is 86.6 Å². The molecule has 0 unspecified atom stereocenters. The van der Waals surface area contributed by atoms with Crippen LogP contribution in [-0.4, -0.2) is 61.8 Å². The lowest BCUT2D eigenvalue weighted by atomic mass is 10.0. The zero-order valence-corrected chi connectivity index (χ0v) is 41.9. The molecular formula is C52H67N3O4Si3. The van der Waals surface area contributed by atoms with Crippen LogP contribution in [0.3, 0.4) is 0 Å². The van der Waals surface area contributed by atoms with Crippen LogP contribution in [0.4, 0.5) is 0 Å². The van der Waals surface area contributed by atoms with Gasteiger partial charge in [0.15, 0.2) is 25.8 Å². The molecule has 10 heteroatoms. The number of hydrogen-bond donors (Lipinski definition) is 1. The predicted molar refractivity (Wildman–Crippen MR) is 266 cm³/mol. The Morgan fingerprint density at radius 1 is 0.516 bits per heavy atom. The third-order valence-electron chi connectivity index (χ3n) is 12.8. The first kappa shape index (κ1) is 46.8. The molecular weight excluding hydrogens is 815 g/mol. The molecule has 0 spiro atoms. The molecule has 0 atom stereocenters. The van der Waals surface area contributed by atoms with E-state index in [0.29, 0.717) is 35.4 Å². The van der Waals surface area contributed by atoms with E-state index in [4.69, 9.17) is 28.5 Å². The summed E-state index contributed by atoms with van der Waals surface area (Å²) in [5.41, 5.74) is 6.69. The third-order valence-corrected chi connectivity index (χ3v) is 24.8. The van der Waals surface area contributed by atoms with Crippen LogP contribution >= 0.6 is 0 Å². The molecule has 62 heavy (non-hydrogen) atoms. The molecule has 1 aromatic heterocycles. The maximum atomic E-state index is 11.5. The van der Waals surface area contributed by atoms with Crippen LogP contribution < -0.4 is 4.74 Å². The Bertz CT molecular complexity index is 2280. The number of aromatic hydroxyl groups is 1. The Kier molecular flexibility index (Phi) is 14.6. The normalized spacial score (nSPS) is 12.7. The number of hydrogen-bond acceptors (Lipinski definition) is 7. The fourth-order valence-corrected chi connectivity index (χ4v) is 17.3. The summed E-state index contributed by atoms with van der Waals surface area (Å²) >= 11 is 0. The lowest BCUT2D eigenvalue weighted by Gasteiger charge is -2.51. The summed E-state index contributed by atoms with van der Waals surface area (Å²) in [7, 11) is -5.97. The zero-order chi connectivity index (χ0) is 44.8. The number of unbranched alkanes of at least 4 members (excludes halogenated alkanes) is 1. The summed E-state index contributed by atoms with van der Waals surface area (Å²) in [6.07, 6.45) is 3.32. The Morgan fingerprint density at radius 2 is 0.984 bits per heavy atom. The van der Waals surface area contributed by atoms with Crippen LogP contribution in [0.5, 0.6) is 11.5 Å². The number of ether oxygens (including phenoxy) is 1. The highest BCUT2D eigenvalue weighted by atomic mass is 28.4. The molecule has 6 aromatic rings. The number of aromatic nitrogens is 3. The van der Waals surface area contributed by atoms with Gasteiger partial charge in [0.05, 0.1) is 25.5 Å². The monoisotopic (exact) mass is 881 g/mol. The van der Waals surface area contributed by atoms with Crippen LogP contribution in [0.15, 0.2) is 127 Å². The number of nitrogens with zero attached hydrogens (tertiary/aromatic N) is 3. The molecule has 0 saturated heterocycles. The van der Waals surface area contributed by atoms with Crippen molar-refractivity contribution in [1.82, 2.24) is 15.0 Å². The molecule has 326 valence electrons. The van der Waals surface area contributed by atoms with Crippen LogP contribution in [0.1, 0.15) is 53.9 Å². The van der Waals surface area contributed by atoms with E-state index >= 15 is 0 Å². The van der Waals surface area contributed by atoms with E-state index in [9.17, 15) is 5.11 Å². The van der Waals surface area contributed by atoms with Crippen molar-refractivity contribution in [1.29, 1.82) is 0 Å². The van der Waals surface area contributed by atoms with Crippen molar-refractivity contribution in [3.05, 3.63) is 127 Å². The molecule has 6 rings (SSSR count). The lowest BCUT2D eigenvalue weighted by molar-refractivity contribution is 0.0980. The molecule has 0 amide bonds. The van der Waals surface area contributed by atoms with Crippen LogP contribution in [-0.2, 0) is 8.85 Å². The van der Waals surface area contributed by atoms with Crippen molar-refractivity contribution in [3.63, 3.8) is 0 Å². The minimum absolute atomic E-state index is 0.0419. The summed E-state index contributed by atoms with van der Waals surface area (Å²) < 4.78 is 20.5. The number of rotatable bonds is 19. The van der Waals surface area contributed by atoms with Gasteiger partial charge in [0, 0.05) is 22.4 Å². The summed E-state index contributed by atoms with van der Waals surface area (Å²) in [4.78, 5) is 14.8. The Labute approximate surface area is 374 Å². The lowest BCUT2D eigenvalue weighted by Crippen LogP contribution is -2.65. The average molecular weight is 882 g/mol. The first-order chi connectivity index (χ1) is 29.3. The van der Waals surface area contributed by atoms with Crippen molar-refractivity contribution >= 4 is 24.7 Å². The molecule has 0 fully saturated rings. The van der Waals surface area contributed by atoms with Crippen LogP contribution in [0.2, 0.25) is 51.4 Å². The summed E-state index contributed by atoms with van der Waals surface area (Å²) in [5.74, 6) is 2.06. The maximum absolute atomic E-state index is 11.5. The van der Waals surface area contributed by atoms with Gasteiger partial charge in [0.1, 0.15) is 11.5 Å². The Hall–Kier alpha value is -4.72. The molecule has 5 aromatic carbocycles. The van der Waals surface area contributed by atoms with Gasteiger partial charge in [-0.25, -0.2) is 15.0 Å². The van der Waals surface area contributed by atoms with E-state index in [1.807, 2.05) is 72.8 Å². The van der Waals surface area contributed by atoms with E-state index in [0.717, 1.165) is 45.8 Å². The molecule has 0 saturated carbocycles. The van der Waals surface area contributed by atoms with Gasteiger partial charge in [-0.05, 0) is 101 Å². The summed E-state index contributed by atoms with van der Waals surface area (Å²) in [5, 5.41) is 11.0. The Morgan fingerprint density at radius 3 is 1.47 bits per heavy atom. The van der Waals surface area contributed by atoms with Crippen molar-refractivity contribution in [3.8, 4) is 67.9 Å². The van der Waals surface area contributed by atoms with E-state index in [-0.39, 0.29) is 16.2 Å².